The van der Waals surface area contributed by atoms with Crippen LogP contribution < -0.4 is 5.32 Å². The number of halogens is 1. The molecule has 0 unspecified atom stereocenters. The second-order valence-corrected chi connectivity index (χ2v) is 7.70. The number of benzene rings is 2. The number of H-pyrrole nitrogens is 1. The molecule has 0 fully saturated rings. The van der Waals surface area contributed by atoms with Gasteiger partial charge in [-0.3, -0.25) is 9.48 Å². The van der Waals surface area contributed by atoms with Crippen LogP contribution in [0.4, 0.5) is 5.69 Å². The Morgan fingerprint density at radius 3 is 2.87 bits per heavy atom. The molecule has 0 aliphatic carbocycles. The maximum Gasteiger partial charge on any atom is 0.258 e. The SMILES string of the molecule is CN1CCc2[nH]c3ccc(NC(=O)c4cnn(Cc5ccccc5)c4)cc3c2C1.Cl. The summed E-state index contributed by atoms with van der Waals surface area (Å²) in [6, 6.07) is 16.1. The quantitative estimate of drug-likeness (QED) is 0.522. The molecule has 2 aromatic carbocycles. The van der Waals surface area contributed by atoms with Crippen LogP contribution in [0.2, 0.25) is 0 Å². The van der Waals surface area contributed by atoms with Gasteiger partial charge in [0, 0.05) is 48.0 Å². The lowest BCUT2D eigenvalue weighted by molar-refractivity contribution is 0.102. The number of hydrogen-bond acceptors (Lipinski definition) is 3. The van der Waals surface area contributed by atoms with E-state index in [2.05, 4.69) is 33.4 Å². The van der Waals surface area contributed by atoms with E-state index in [0.29, 0.717) is 12.1 Å². The Kier molecular flexibility index (Phi) is 5.61. The molecule has 0 atom stereocenters. The molecule has 0 radical (unpaired) electrons. The number of hydrogen-bond donors (Lipinski definition) is 2. The summed E-state index contributed by atoms with van der Waals surface area (Å²) in [5.41, 5.74) is 6.27. The van der Waals surface area contributed by atoms with Crippen molar-refractivity contribution in [3.63, 3.8) is 0 Å². The Labute approximate surface area is 181 Å². The zero-order valence-electron chi connectivity index (χ0n) is 16.8. The molecule has 1 aliphatic rings. The van der Waals surface area contributed by atoms with Crippen molar-refractivity contribution in [3.8, 4) is 0 Å². The van der Waals surface area contributed by atoms with Gasteiger partial charge in [0.1, 0.15) is 0 Å². The number of fused-ring (bicyclic) bond motifs is 3. The molecular weight excluding hydrogens is 398 g/mol. The second-order valence-electron chi connectivity index (χ2n) is 7.70. The molecule has 0 saturated heterocycles. The maximum absolute atomic E-state index is 12.7. The molecule has 0 spiro atoms. The fourth-order valence-electron chi connectivity index (χ4n) is 3.97. The summed E-state index contributed by atoms with van der Waals surface area (Å²) < 4.78 is 1.78. The lowest BCUT2D eigenvalue weighted by atomic mass is 10.0. The fraction of sp³-hybridized carbons (Fsp3) is 0.217. The first-order valence-corrected chi connectivity index (χ1v) is 9.85. The summed E-state index contributed by atoms with van der Waals surface area (Å²) >= 11 is 0. The summed E-state index contributed by atoms with van der Waals surface area (Å²) in [6.07, 6.45) is 4.43. The summed E-state index contributed by atoms with van der Waals surface area (Å²) in [7, 11) is 2.14. The van der Waals surface area contributed by atoms with Gasteiger partial charge < -0.3 is 15.2 Å². The third-order valence-electron chi connectivity index (χ3n) is 5.51. The molecule has 4 aromatic rings. The van der Waals surface area contributed by atoms with E-state index in [1.54, 1.807) is 17.1 Å². The molecule has 7 heteroatoms. The van der Waals surface area contributed by atoms with Crippen molar-refractivity contribution in [2.45, 2.75) is 19.5 Å². The number of anilines is 1. The van der Waals surface area contributed by atoms with Crippen LogP contribution in [0.25, 0.3) is 10.9 Å². The molecule has 6 nitrogen and oxygen atoms in total. The molecule has 2 N–H and O–H groups in total. The highest BCUT2D eigenvalue weighted by atomic mass is 35.5. The Bertz CT molecular complexity index is 1180. The van der Waals surface area contributed by atoms with Gasteiger partial charge in [-0.05, 0) is 36.4 Å². The number of rotatable bonds is 4. The van der Waals surface area contributed by atoms with Crippen molar-refractivity contribution in [1.29, 1.82) is 0 Å². The summed E-state index contributed by atoms with van der Waals surface area (Å²) in [4.78, 5) is 18.6. The van der Waals surface area contributed by atoms with Gasteiger partial charge in [-0.1, -0.05) is 30.3 Å². The number of carbonyl (C=O) groups is 1. The third kappa shape index (κ3) is 3.97. The molecule has 3 heterocycles. The van der Waals surface area contributed by atoms with E-state index in [-0.39, 0.29) is 18.3 Å². The minimum absolute atomic E-state index is 0. The molecule has 154 valence electrons. The number of aromatic amines is 1. The molecule has 1 aliphatic heterocycles. The van der Waals surface area contributed by atoms with Crippen molar-refractivity contribution < 1.29 is 4.79 Å². The number of likely N-dealkylation sites (N-methyl/N-ethyl adjacent to an activating group) is 1. The van der Waals surface area contributed by atoms with Crippen LogP contribution in [0, 0.1) is 0 Å². The summed E-state index contributed by atoms with van der Waals surface area (Å²) in [5.74, 6) is -0.148. The lowest BCUT2D eigenvalue weighted by Gasteiger charge is -2.22. The smallest absolute Gasteiger partial charge is 0.258 e. The highest BCUT2D eigenvalue weighted by molar-refractivity contribution is 6.05. The Morgan fingerprint density at radius 2 is 2.03 bits per heavy atom. The highest BCUT2D eigenvalue weighted by Gasteiger charge is 2.19. The number of carbonyl (C=O) groups excluding carboxylic acids is 1. The average molecular weight is 422 g/mol. The van der Waals surface area contributed by atoms with Gasteiger partial charge in [0.25, 0.3) is 5.91 Å². The second kappa shape index (κ2) is 8.34. The zero-order chi connectivity index (χ0) is 19.8. The molecule has 0 saturated carbocycles. The first kappa shape index (κ1) is 20.2. The maximum atomic E-state index is 12.7. The predicted octanol–water partition coefficient (Wildman–Crippen LogP) is 4.07. The fourth-order valence-corrected chi connectivity index (χ4v) is 3.97. The van der Waals surface area contributed by atoms with Crippen LogP contribution in [0.1, 0.15) is 27.2 Å². The van der Waals surface area contributed by atoms with Crippen LogP contribution in [-0.2, 0) is 19.5 Å². The molecule has 30 heavy (non-hydrogen) atoms. The van der Waals surface area contributed by atoms with Crippen molar-refractivity contribution in [2.24, 2.45) is 0 Å². The van der Waals surface area contributed by atoms with Gasteiger partial charge in [-0.2, -0.15) is 5.10 Å². The van der Waals surface area contributed by atoms with Gasteiger partial charge in [-0.15, -0.1) is 12.4 Å². The van der Waals surface area contributed by atoms with E-state index in [4.69, 9.17) is 0 Å². The lowest BCUT2D eigenvalue weighted by Crippen LogP contribution is -2.26. The normalized spacial score (nSPS) is 13.6. The van der Waals surface area contributed by atoms with Crippen LogP contribution in [-0.4, -0.2) is 39.2 Å². The summed E-state index contributed by atoms with van der Waals surface area (Å²) in [6.45, 7) is 2.64. The van der Waals surface area contributed by atoms with E-state index in [0.717, 1.165) is 36.3 Å². The first-order chi connectivity index (χ1) is 14.2. The average Bonchev–Trinajstić information content (AvgIpc) is 3.33. The molecule has 2 aromatic heterocycles. The van der Waals surface area contributed by atoms with Gasteiger partial charge in [-0.25, -0.2) is 0 Å². The standard InChI is InChI=1S/C23H23N5O.ClH/c1-27-10-9-22-20(15-27)19-11-18(7-8-21(19)26-22)25-23(29)17-12-24-28(14-17)13-16-5-3-2-4-6-16;/h2-8,11-12,14,26H,9-10,13,15H2,1H3,(H,25,29);1H. The Hall–Kier alpha value is -3.09. The van der Waals surface area contributed by atoms with E-state index in [9.17, 15) is 4.79 Å². The zero-order valence-corrected chi connectivity index (χ0v) is 17.6. The minimum Gasteiger partial charge on any atom is -0.358 e. The molecule has 0 bridgehead atoms. The third-order valence-corrected chi connectivity index (χ3v) is 5.51. The summed E-state index contributed by atoms with van der Waals surface area (Å²) in [5, 5.41) is 8.53. The molecular formula is C23H24ClN5O. The van der Waals surface area contributed by atoms with Crippen molar-refractivity contribution >= 4 is 34.9 Å². The van der Waals surface area contributed by atoms with E-state index in [1.807, 2.05) is 42.5 Å². The molecule has 5 rings (SSSR count). The monoisotopic (exact) mass is 421 g/mol. The first-order valence-electron chi connectivity index (χ1n) is 9.85. The van der Waals surface area contributed by atoms with Gasteiger partial charge >= 0.3 is 0 Å². The predicted molar refractivity (Wildman–Crippen MR) is 121 cm³/mol. The highest BCUT2D eigenvalue weighted by Crippen LogP contribution is 2.29. The number of aromatic nitrogens is 3. The van der Waals surface area contributed by atoms with E-state index < -0.39 is 0 Å². The Balaban J connectivity index is 0.00000218. The van der Waals surface area contributed by atoms with Gasteiger partial charge in [0.15, 0.2) is 0 Å². The van der Waals surface area contributed by atoms with Crippen LogP contribution >= 0.6 is 12.4 Å². The minimum atomic E-state index is -0.148. The van der Waals surface area contributed by atoms with Crippen molar-refractivity contribution in [3.05, 3.63) is 83.3 Å². The number of nitrogens with zero attached hydrogens (tertiary/aromatic N) is 3. The number of amides is 1. The van der Waals surface area contributed by atoms with Gasteiger partial charge in [0.05, 0.1) is 18.3 Å². The van der Waals surface area contributed by atoms with Crippen LogP contribution in [0.15, 0.2) is 60.9 Å². The molecule has 1 amide bonds. The van der Waals surface area contributed by atoms with Crippen LogP contribution in [0.5, 0.6) is 0 Å². The van der Waals surface area contributed by atoms with Crippen molar-refractivity contribution in [2.75, 3.05) is 18.9 Å². The van der Waals surface area contributed by atoms with Gasteiger partial charge in [0.2, 0.25) is 0 Å². The number of nitrogens with one attached hydrogen (secondary N) is 2. The Morgan fingerprint density at radius 1 is 1.20 bits per heavy atom. The van der Waals surface area contributed by atoms with Crippen molar-refractivity contribution in [1.82, 2.24) is 19.7 Å². The van der Waals surface area contributed by atoms with E-state index >= 15 is 0 Å². The van der Waals surface area contributed by atoms with E-state index in [1.165, 1.54) is 16.6 Å². The van der Waals surface area contributed by atoms with Crippen LogP contribution in [0.3, 0.4) is 0 Å². The topological polar surface area (TPSA) is 66.0 Å². The largest absolute Gasteiger partial charge is 0.358 e.